The molecule has 2 heterocycles. The Kier molecular flexibility index (Phi) is 8.52. The van der Waals surface area contributed by atoms with Crippen LogP contribution in [0.25, 0.3) is 5.69 Å². The number of aromatic nitrogens is 2. The Hall–Kier alpha value is -3.95. The lowest BCUT2D eigenvalue weighted by atomic mass is 9.90. The molecule has 1 aromatic heterocycles. The molecule has 0 aliphatic carbocycles. The highest BCUT2D eigenvalue weighted by atomic mass is 32.2. The van der Waals surface area contributed by atoms with Crippen molar-refractivity contribution in [1.29, 1.82) is 0 Å². The van der Waals surface area contributed by atoms with E-state index in [0.717, 1.165) is 48.4 Å². The van der Waals surface area contributed by atoms with E-state index in [9.17, 15) is 13.2 Å². The number of carbonyl (C=O) groups excluding carboxylic acids is 1. The molecule has 4 aromatic rings. The Morgan fingerprint density at radius 2 is 1.57 bits per heavy atom. The van der Waals surface area contributed by atoms with Crippen molar-refractivity contribution < 1.29 is 13.2 Å². The number of anilines is 2. The highest BCUT2D eigenvalue weighted by Gasteiger charge is 2.36. The van der Waals surface area contributed by atoms with Gasteiger partial charge in [0.05, 0.1) is 21.5 Å². The van der Waals surface area contributed by atoms with Crippen molar-refractivity contribution >= 4 is 27.4 Å². The van der Waals surface area contributed by atoms with Gasteiger partial charge in [-0.2, -0.15) is 5.10 Å². The van der Waals surface area contributed by atoms with Gasteiger partial charge in [0.15, 0.2) is 9.84 Å². The Morgan fingerprint density at radius 3 is 2.19 bits per heavy atom. The van der Waals surface area contributed by atoms with Crippen LogP contribution in [0, 0.1) is 12.8 Å². The molecule has 42 heavy (non-hydrogen) atoms. The SMILES string of the molecule is Cc1ccc(-n2nc(C(C)(C)C)cc2NC(=O)Nc2ccc(C(C3CCNCC3)S(=O)(=O)c3ccccc3)cc2)cc1. The number of amides is 2. The van der Waals surface area contributed by atoms with Gasteiger partial charge < -0.3 is 10.6 Å². The third-order valence-electron chi connectivity index (χ3n) is 7.71. The fraction of sp³-hybridized carbons (Fsp3) is 0.333. The Balaban J connectivity index is 1.37. The van der Waals surface area contributed by atoms with Gasteiger partial charge in [0.25, 0.3) is 0 Å². The van der Waals surface area contributed by atoms with Crippen LogP contribution in [0.1, 0.15) is 55.7 Å². The van der Waals surface area contributed by atoms with Crippen molar-refractivity contribution in [1.82, 2.24) is 15.1 Å². The largest absolute Gasteiger partial charge is 0.324 e. The van der Waals surface area contributed by atoms with Crippen LogP contribution in [0.4, 0.5) is 16.3 Å². The third kappa shape index (κ3) is 6.58. The second kappa shape index (κ2) is 12.1. The number of hydrogen-bond donors (Lipinski definition) is 3. The first kappa shape index (κ1) is 29.5. The summed E-state index contributed by atoms with van der Waals surface area (Å²) in [7, 11) is -3.61. The van der Waals surface area contributed by atoms with Crippen LogP contribution in [0.3, 0.4) is 0 Å². The number of benzene rings is 3. The molecule has 8 nitrogen and oxygen atoms in total. The quantitative estimate of drug-likeness (QED) is 0.226. The van der Waals surface area contributed by atoms with Crippen molar-refractivity contribution in [3.63, 3.8) is 0 Å². The molecule has 1 aliphatic heterocycles. The smallest absolute Gasteiger partial charge is 0.317 e. The number of sulfone groups is 1. The highest BCUT2D eigenvalue weighted by molar-refractivity contribution is 7.91. The van der Waals surface area contributed by atoms with E-state index in [1.54, 1.807) is 41.1 Å². The number of hydrogen-bond acceptors (Lipinski definition) is 5. The molecule has 1 fully saturated rings. The maximum absolute atomic E-state index is 13.8. The van der Waals surface area contributed by atoms with Gasteiger partial charge in [-0.25, -0.2) is 17.9 Å². The molecule has 3 aromatic carbocycles. The maximum atomic E-state index is 13.8. The molecule has 0 bridgehead atoms. The fourth-order valence-electron chi connectivity index (χ4n) is 5.36. The van der Waals surface area contributed by atoms with Crippen molar-refractivity contribution in [2.24, 2.45) is 5.92 Å². The average molecular weight is 586 g/mol. The van der Waals surface area contributed by atoms with Crippen LogP contribution in [0.5, 0.6) is 0 Å². The zero-order valence-corrected chi connectivity index (χ0v) is 25.4. The summed E-state index contributed by atoms with van der Waals surface area (Å²) in [6, 6.07) is 25.3. The molecule has 0 spiro atoms. The van der Waals surface area contributed by atoms with E-state index in [1.165, 1.54) is 0 Å². The molecule has 0 saturated carbocycles. The van der Waals surface area contributed by atoms with E-state index in [2.05, 4.69) is 36.7 Å². The Labute approximate surface area is 248 Å². The number of nitrogens with zero attached hydrogens (tertiary/aromatic N) is 2. The van der Waals surface area contributed by atoms with E-state index in [1.807, 2.05) is 55.5 Å². The summed E-state index contributed by atoms with van der Waals surface area (Å²) in [4.78, 5) is 13.5. The minimum absolute atomic E-state index is 0.00219. The normalized spacial score (nSPS) is 15.2. The van der Waals surface area contributed by atoms with Crippen LogP contribution in [0.2, 0.25) is 0 Å². The number of rotatable bonds is 7. The number of urea groups is 1. The second-order valence-electron chi connectivity index (χ2n) is 12.0. The first-order chi connectivity index (χ1) is 20.0. The van der Waals surface area contributed by atoms with Gasteiger partial charge in [-0.05, 0) is 80.7 Å². The number of nitrogens with one attached hydrogen (secondary N) is 3. The first-order valence-corrected chi connectivity index (χ1v) is 15.9. The standard InChI is InChI=1S/C33H39N5O3S/c1-23-10-16-27(17-11-23)38-30(22-29(37-38)33(2,3)4)36-32(39)35-26-14-12-24(13-15-26)31(25-18-20-34-21-19-25)42(40,41)28-8-6-5-7-9-28/h5-17,22,25,31,34H,18-21H2,1-4H3,(H2,35,36,39). The van der Waals surface area contributed by atoms with E-state index in [-0.39, 0.29) is 11.3 Å². The van der Waals surface area contributed by atoms with Crippen LogP contribution in [-0.4, -0.2) is 37.3 Å². The van der Waals surface area contributed by atoms with Crippen molar-refractivity contribution in [2.45, 2.75) is 56.1 Å². The monoisotopic (exact) mass is 585 g/mol. The fourth-order valence-corrected chi connectivity index (χ4v) is 7.49. The van der Waals surface area contributed by atoms with Gasteiger partial charge in [0, 0.05) is 17.2 Å². The molecule has 2 amide bonds. The van der Waals surface area contributed by atoms with Gasteiger partial charge in [-0.1, -0.05) is 68.8 Å². The summed E-state index contributed by atoms with van der Waals surface area (Å²) in [5.41, 5.74) is 3.92. The first-order valence-electron chi connectivity index (χ1n) is 14.4. The summed E-state index contributed by atoms with van der Waals surface area (Å²) in [6.45, 7) is 9.85. The molecule has 5 rings (SSSR count). The van der Waals surface area contributed by atoms with Gasteiger partial charge >= 0.3 is 6.03 Å². The predicted molar refractivity (Wildman–Crippen MR) is 168 cm³/mol. The number of carbonyl (C=O) groups is 1. The van der Waals surface area contributed by atoms with Gasteiger partial charge in [-0.3, -0.25) is 5.32 Å². The summed E-state index contributed by atoms with van der Waals surface area (Å²) in [6.07, 6.45) is 1.56. The lowest BCUT2D eigenvalue weighted by Crippen LogP contribution is -2.33. The summed E-state index contributed by atoms with van der Waals surface area (Å²) >= 11 is 0. The van der Waals surface area contributed by atoms with Crippen LogP contribution in [-0.2, 0) is 15.3 Å². The molecule has 1 saturated heterocycles. The predicted octanol–water partition coefficient (Wildman–Crippen LogP) is 6.64. The van der Waals surface area contributed by atoms with E-state index in [4.69, 9.17) is 5.10 Å². The van der Waals surface area contributed by atoms with Crippen molar-refractivity contribution in [3.05, 3.63) is 102 Å². The Morgan fingerprint density at radius 1 is 0.929 bits per heavy atom. The zero-order valence-electron chi connectivity index (χ0n) is 24.6. The van der Waals surface area contributed by atoms with E-state index >= 15 is 0 Å². The van der Waals surface area contributed by atoms with Crippen molar-refractivity contribution in [3.8, 4) is 5.69 Å². The molecule has 9 heteroatoms. The molecule has 1 aliphatic rings. The highest BCUT2D eigenvalue weighted by Crippen LogP contribution is 2.39. The zero-order chi connectivity index (χ0) is 29.9. The lowest BCUT2D eigenvalue weighted by Gasteiger charge is -2.31. The second-order valence-corrected chi connectivity index (χ2v) is 14.0. The summed E-state index contributed by atoms with van der Waals surface area (Å²) in [5.74, 6) is 0.551. The minimum atomic E-state index is -3.61. The van der Waals surface area contributed by atoms with Crippen molar-refractivity contribution in [2.75, 3.05) is 23.7 Å². The van der Waals surface area contributed by atoms with Gasteiger partial charge in [0.1, 0.15) is 5.82 Å². The molecule has 1 unspecified atom stereocenters. The molecular formula is C33H39N5O3S. The minimum Gasteiger partial charge on any atom is -0.317 e. The van der Waals surface area contributed by atoms with Gasteiger partial charge in [-0.15, -0.1) is 0 Å². The molecular weight excluding hydrogens is 546 g/mol. The van der Waals surface area contributed by atoms with Crippen LogP contribution in [0.15, 0.2) is 89.8 Å². The summed E-state index contributed by atoms with van der Waals surface area (Å²) < 4.78 is 29.4. The summed E-state index contributed by atoms with van der Waals surface area (Å²) in [5, 5.41) is 13.3. The van der Waals surface area contributed by atoms with Crippen LogP contribution < -0.4 is 16.0 Å². The van der Waals surface area contributed by atoms with Crippen LogP contribution >= 0.6 is 0 Å². The molecule has 0 radical (unpaired) electrons. The topological polar surface area (TPSA) is 105 Å². The van der Waals surface area contributed by atoms with Gasteiger partial charge in [0.2, 0.25) is 0 Å². The molecule has 3 N–H and O–H groups in total. The van der Waals surface area contributed by atoms with E-state index in [0.29, 0.717) is 16.4 Å². The van der Waals surface area contributed by atoms with E-state index < -0.39 is 21.1 Å². The number of piperidine rings is 1. The molecule has 220 valence electrons. The maximum Gasteiger partial charge on any atom is 0.324 e. The Bertz CT molecular complexity index is 1620. The average Bonchev–Trinajstić information content (AvgIpc) is 3.40. The third-order valence-corrected chi connectivity index (χ3v) is 9.97. The number of aryl methyl sites for hydroxylation is 1. The lowest BCUT2D eigenvalue weighted by molar-refractivity contribution is 0.262. The molecule has 1 atom stereocenters.